The van der Waals surface area contributed by atoms with E-state index in [2.05, 4.69) is 10.3 Å². The molecule has 0 spiro atoms. The Morgan fingerprint density at radius 3 is 2.17 bits per heavy atom. The summed E-state index contributed by atoms with van der Waals surface area (Å²) in [6, 6.07) is 18.6. The zero-order chi connectivity index (χ0) is 30.0. The summed E-state index contributed by atoms with van der Waals surface area (Å²) < 4.78 is 52.2. The first-order valence-electron chi connectivity index (χ1n) is 12.8. The molecule has 0 bridgehead atoms. The lowest BCUT2D eigenvalue weighted by Crippen LogP contribution is -2.12. The lowest BCUT2D eigenvalue weighted by molar-refractivity contribution is -0.137. The van der Waals surface area contributed by atoms with Crippen LogP contribution in [0.5, 0.6) is 0 Å². The summed E-state index contributed by atoms with van der Waals surface area (Å²) >= 11 is 0. The van der Waals surface area contributed by atoms with Gasteiger partial charge in [0.05, 0.1) is 5.56 Å². The van der Waals surface area contributed by atoms with Crippen molar-refractivity contribution in [1.29, 1.82) is 0 Å². The van der Waals surface area contributed by atoms with Gasteiger partial charge in [-0.05, 0) is 108 Å². The van der Waals surface area contributed by atoms with Gasteiger partial charge in [0.15, 0.2) is 0 Å². The summed E-state index contributed by atoms with van der Waals surface area (Å²) in [6.07, 6.45) is 3.83. The Bertz CT molecular complexity index is 1510. The molecule has 0 unspecified atom stereocenters. The fourth-order valence-electron chi connectivity index (χ4n) is 4.06. The van der Waals surface area contributed by atoms with E-state index in [0.29, 0.717) is 24.3 Å². The Balaban J connectivity index is 0.000000389. The number of amides is 1. The van der Waals surface area contributed by atoms with Crippen LogP contribution in [0.1, 0.15) is 36.1 Å². The minimum atomic E-state index is -4.40. The smallest absolute Gasteiger partial charge is 0.384 e. The molecule has 0 radical (unpaired) electrons. The minimum Gasteiger partial charge on any atom is -0.384 e. The molecule has 8 heteroatoms. The van der Waals surface area contributed by atoms with Gasteiger partial charge in [-0.15, -0.1) is 0 Å². The van der Waals surface area contributed by atoms with Crippen LogP contribution in [0.15, 0.2) is 90.6 Å². The molecule has 3 aromatic carbocycles. The molecular weight excluding hydrogens is 530 g/mol. The van der Waals surface area contributed by atoms with E-state index in [0.717, 1.165) is 51.1 Å². The number of carbonyl (C=O) groups excluding carboxylic acids is 1. The Morgan fingerprint density at radius 1 is 0.951 bits per heavy atom. The molecule has 41 heavy (non-hydrogen) atoms. The highest BCUT2D eigenvalue weighted by Gasteiger charge is 2.30. The molecule has 3 N–H and O–H groups in total. The number of nitrogens with zero attached hydrogens (tertiary/aromatic N) is 1. The first-order valence-corrected chi connectivity index (χ1v) is 12.8. The number of aromatic nitrogens is 1. The first kappa shape index (κ1) is 30.8. The lowest BCUT2D eigenvalue weighted by atomic mass is 9.90. The van der Waals surface area contributed by atoms with Gasteiger partial charge in [-0.2, -0.15) is 13.2 Å². The predicted octanol–water partition coefficient (Wildman–Crippen LogP) is 8.33. The highest BCUT2D eigenvalue weighted by molar-refractivity contribution is 5.80. The molecule has 4 nitrogen and oxygen atoms in total. The molecule has 1 aromatic heterocycles. The van der Waals surface area contributed by atoms with Crippen LogP contribution in [0.2, 0.25) is 0 Å². The molecule has 0 atom stereocenters. The Hall–Kier alpha value is -4.72. The molecule has 4 rings (SSSR count). The number of anilines is 1. The van der Waals surface area contributed by atoms with Crippen LogP contribution in [0.4, 0.5) is 23.4 Å². The lowest BCUT2D eigenvalue weighted by Gasteiger charge is -2.15. The second-order valence-corrected chi connectivity index (χ2v) is 9.33. The van der Waals surface area contributed by atoms with Crippen molar-refractivity contribution in [3.8, 4) is 22.3 Å². The molecule has 0 aliphatic carbocycles. The zero-order valence-electron chi connectivity index (χ0n) is 23.0. The van der Waals surface area contributed by atoms with Gasteiger partial charge in [0.25, 0.3) is 0 Å². The predicted molar refractivity (Wildman–Crippen MR) is 158 cm³/mol. The van der Waals surface area contributed by atoms with Gasteiger partial charge in [0.1, 0.15) is 11.6 Å². The topological polar surface area (TPSA) is 68.0 Å². The van der Waals surface area contributed by atoms with Crippen LogP contribution in [0.25, 0.3) is 34.4 Å². The van der Waals surface area contributed by atoms with Gasteiger partial charge in [-0.1, -0.05) is 48.1 Å². The van der Waals surface area contributed by atoms with E-state index < -0.39 is 11.7 Å². The maximum Gasteiger partial charge on any atom is 0.416 e. The van der Waals surface area contributed by atoms with Crippen LogP contribution in [-0.2, 0) is 11.0 Å². The van der Waals surface area contributed by atoms with E-state index in [1.54, 1.807) is 24.4 Å². The van der Waals surface area contributed by atoms with Gasteiger partial charge in [0.2, 0.25) is 6.41 Å². The van der Waals surface area contributed by atoms with Crippen molar-refractivity contribution in [1.82, 2.24) is 10.3 Å². The summed E-state index contributed by atoms with van der Waals surface area (Å²) in [5.41, 5.74) is 11.5. The maximum absolute atomic E-state index is 13.4. The molecule has 0 saturated heterocycles. The molecule has 4 aromatic rings. The molecule has 1 amide bonds. The maximum atomic E-state index is 13.4. The normalized spacial score (nSPS) is 11.6. The Kier molecular flexibility index (Phi) is 10.6. The monoisotopic (exact) mass is 561 g/mol. The van der Waals surface area contributed by atoms with Gasteiger partial charge >= 0.3 is 6.18 Å². The molecule has 212 valence electrons. The number of nitrogens with one attached hydrogen (secondary N) is 1. The number of benzene rings is 3. The third-order valence-corrected chi connectivity index (χ3v) is 6.18. The third-order valence-electron chi connectivity index (χ3n) is 6.18. The quantitative estimate of drug-likeness (QED) is 0.176. The van der Waals surface area contributed by atoms with E-state index in [1.165, 1.54) is 24.3 Å². The molecule has 0 aliphatic rings. The van der Waals surface area contributed by atoms with Crippen LogP contribution >= 0.6 is 0 Å². The zero-order valence-corrected chi connectivity index (χ0v) is 23.0. The number of alkyl halides is 3. The van der Waals surface area contributed by atoms with Crippen molar-refractivity contribution in [2.24, 2.45) is 0 Å². The second-order valence-electron chi connectivity index (χ2n) is 9.33. The van der Waals surface area contributed by atoms with Crippen LogP contribution in [0.3, 0.4) is 0 Å². The summed E-state index contributed by atoms with van der Waals surface area (Å²) in [5.74, 6) is 0.212. The van der Waals surface area contributed by atoms with Crippen molar-refractivity contribution in [2.75, 3.05) is 12.3 Å². The second kappa shape index (κ2) is 14.1. The van der Waals surface area contributed by atoms with Crippen LogP contribution in [0, 0.1) is 12.7 Å². The van der Waals surface area contributed by atoms with Crippen molar-refractivity contribution >= 4 is 24.4 Å². The van der Waals surface area contributed by atoms with E-state index in [1.807, 2.05) is 57.2 Å². The van der Waals surface area contributed by atoms with Gasteiger partial charge in [0, 0.05) is 12.7 Å². The van der Waals surface area contributed by atoms with Gasteiger partial charge in [-0.3, -0.25) is 4.79 Å². The summed E-state index contributed by atoms with van der Waals surface area (Å²) in [6.45, 7) is 6.15. The number of halogens is 4. The number of carbonyl (C=O) groups is 1. The van der Waals surface area contributed by atoms with Crippen molar-refractivity contribution in [2.45, 2.75) is 26.9 Å². The Morgan fingerprint density at radius 2 is 1.61 bits per heavy atom. The fourth-order valence-corrected chi connectivity index (χ4v) is 4.06. The number of hydrogen-bond donors (Lipinski definition) is 2. The number of pyridine rings is 1. The van der Waals surface area contributed by atoms with E-state index >= 15 is 0 Å². The molecule has 0 fully saturated rings. The van der Waals surface area contributed by atoms with Crippen molar-refractivity contribution < 1.29 is 22.4 Å². The largest absolute Gasteiger partial charge is 0.416 e. The number of hydrogen-bond acceptors (Lipinski definition) is 3. The average molecular weight is 562 g/mol. The highest BCUT2D eigenvalue weighted by atomic mass is 19.4. The van der Waals surface area contributed by atoms with Crippen LogP contribution < -0.4 is 11.1 Å². The molecule has 1 heterocycles. The number of nitrogens with two attached hydrogens (primary N) is 1. The SMILES string of the molecule is C/C(=C\c1cc(-c2ccc(C(F)(F)F)cc2)cc(-c2ccc(F)cc2)c1C)CNC=O.C/C=C/c1ccc(N)nc1. The van der Waals surface area contributed by atoms with Crippen LogP contribution in [-0.4, -0.2) is 17.9 Å². The molecule has 0 saturated carbocycles. The van der Waals surface area contributed by atoms with Crippen molar-refractivity contribution in [3.63, 3.8) is 0 Å². The molecule has 0 aliphatic heterocycles. The third kappa shape index (κ3) is 8.89. The van der Waals surface area contributed by atoms with Gasteiger partial charge < -0.3 is 11.1 Å². The average Bonchev–Trinajstić information content (AvgIpc) is 2.95. The highest BCUT2D eigenvalue weighted by Crippen LogP contribution is 2.35. The summed E-state index contributed by atoms with van der Waals surface area (Å²) in [7, 11) is 0. The molecular formula is C33H31F4N3O. The first-order chi connectivity index (χ1) is 19.5. The Labute approximate surface area is 237 Å². The minimum absolute atomic E-state index is 0.351. The summed E-state index contributed by atoms with van der Waals surface area (Å²) in [4.78, 5) is 14.5. The van der Waals surface area contributed by atoms with Gasteiger partial charge in [-0.25, -0.2) is 9.37 Å². The standard InChI is InChI=1S/C25H21F4NO.C8H10N2/c1-16(14-30-15-31)11-20-12-21(18-3-7-22(8-4-18)25(27,28)29)13-24(17(20)2)19-5-9-23(26)10-6-19;1-2-3-7-4-5-8(9)10-6-7/h3-13,15H,14H2,1-2H3,(H,30,31);2-6H,1H3,(H2,9,10)/b16-11+;3-2+. The van der Waals surface area contributed by atoms with E-state index in [4.69, 9.17) is 5.73 Å². The number of nitrogen functional groups attached to an aromatic ring is 1. The number of allylic oxidation sites excluding steroid dienone is 1. The summed E-state index contributed by atoms with van der Waals surface area (Å²) in [5, 5.41) is 2.61. The van der Waals surface area contributed by atoms with Crippen molar-refractivity contribution in [3.05, 3.63) is 119 Å². The number of rotatable bonds is 7. The fraction of sp³-hybridized carbons (Fsp3) is 0.152. The van der Waals surface area contributed by atoms with E-state index in [9.17, 15) is 22.4 Å². The van der Waals surface area contributed by atoms with E-state index in [-0.39, 0.29) is 5.82 Å².